The highest BCUT2D eigenvalue weighted by molar-refractivity contribution is 6.06. The van der Waals surface area contributed by atoms with Crippen LogP contribution in [0.1, 0.15) is 5.69 Å². The number of pyridine rings is 2. The Kier molecular flexibility index (Phi) is 1.68. The second-order valence-electron chi connectivity index (χ2n) is 3.71. The lowest BCUT2D eigenvalue weighted by Gasteiger charge is -2.03. The number of hydrogen-bond donors (Lipinski definition) is 0. The number of aryl methyl sites for hydroxylation is 1. The van der Waals surface area contributed by atoms with Gasteiger partial charge in [0.1, 0.15) is 0 Å². The largest absolute Gasteiger partial charge is 0.264 e. The fourth-order valence-corrected chi connectivity index (χ4v) is 1.90. The van der Waals surface area contributed by atoms with Gasteiger partial charge in [-0.15, -0.1) is 0 Å². The van der Waals surface area contributed by atoms with E-state index in [0.717, 1.165) is 5.69 Å². The van der Waals surface area contributed by atoms with E-state index in [4.69, 9.17) is 0 Å². The number of rotatable bonds is 0. The van der Waals surface area contributed by atoms with Crippen molar-refractivity contribution >= 4 is 21.5 Å². The summed E-state index contributed by atoms with van der Waals surface area (Å²) >= 11 is 0. The zero-order valence-corrected chi connectivity index (χ0v) is 8.44. The molecule has 0 aliphatic carbocycles. The SMILES string of the molecule is Cc1cc2ccc3ccncc3c2cn1. The minimum atomic E-state index is 1.05. The summed E-state index contributed by atoms with van der Waals surface area (Å²) in [6, 6.07) is 8.38. The Hall–Kier alpha value is -1.96. The van der Waals surface area contributed by atoms with Crippen molar-refractivity contribution in [2.45, 2.75) is 6.92 Å². The van der Waals surface area contributed by atoms with Crippen LogP contribution in [0.4, 0.5) is 0 Å². The van der Waals surface area contributed by atoms with Crippen LogP contribution in [0.3, 0.4) is 0 Å². The van der Waals surface area contributed by atoms with Gasteiger partial charge in [-0.3, -0.25) is 9.97 Å². The molecule has 2 nitrogen and oxygen atoms in total. The quantitative estimate of drug-likeness (QED) is 0.514. The molecule has 0 aliphatic heterocycles. The van der Waals surface area contributed by atoms with Crippen LogP contribution in [-0.4, -0.2) is 9.97 Å². The summed E-state index contributed by atoms with van der Waals surface area (Å²) in [6.07, 6.45) is 5.64. The fourth-order valence-electron chi connectivity index (χ4n) is 1.90. The van der Waals surface area contributed by atoms with Crippen molar-refractivity contribution in [3.05, 3.63) is 48.5 Å². The van der Waals surface area contributed by atoms with E-state index in [2.05, 4.69) is 28.2 Å². The first kappa shape index (κ1) is 8.36. The van der Waals surface area contributed by atoms with Gasteiger partial charge >= 0.3 is 0 Å². The Labute approximate surface area is 87.6 Å². The van der Waals surface area contributed by atoms with Gasteiger partial charge in [0, 0.05) is 35.1 Å². The Bertz CT molecular complexity index is 644. The van der Waals surface area contributed by atoms with Gasteiger partial charge in [-0.25, -0.2) is 0 Å². The average Bonchev–Trinajstić information content (AvgIpc) is 2.28. The standard InChI is InChI=1S/C13H10N2/c1-9-6-11-3-2-10-4-5-14-7-12(10)13(11)8-15-9/h2-8H,1H3. The lowest BCUT2D eigenvalue weighted by molar-refractivity contribution is 1.23. The Balaban J connectivity index is 2.55. The van der Waals surface area contributed by atoms with Gasteiger partial charge in [-0.1, -0.05) is 12.1 Å². The number of hydrogen-bond acceptors (Lipinski definition) is 2. The van der Waals surface area contributed by atoms with Gasteiger partial charge in [-0.2, -0.15) is 0 Å². The molecule has 2 heterocycles. The van der Waals surface area contributed by atoms with Gasteiger partial charge in [-0.05, 0) is 29.8 Å². The predicted octanol–water partition coefficient (Wildman–Crippen LogP) is 3.09. The summed E-state index contributed by atoms with van der Waals surface area (Å²) in [4.78, 5) is 8.49. The summed E-state index contributed by atoms with van der Waals surface area (Å²) in [7, 11) is 0. The van der Waals surface area contributed by atoms with Crippen LogP contribution in [0.25, 0.3) is 21.5 Å². The molecule has 0 saturated carbocycles. The van der Waals surface area contributed by atoms with E-state index in [9.17, 15) is 0 Å². The lowest BCUT2D eigenvalue weighted by Crippen LogP contribution is -1.83. The molecular weight excluding hydrogens is 184 g/mol. The maximum atomic E-state index is 4.33. The maximum absolute atomic E-state index is 4.33. The summed E-state index contributed by atoms with van der Waals surface area (Å²) < 4.78 is 0. The monoisotopic (exact) mass is 194 g/mol. The molecule has 2 aromatic heterocycles. The van der Waals surface area contributed by atoms with Crippen LogP contribution in [0.5, 0.6) is 0 Å². The first-order chi connectivity index (χ1) is 7.34. The van der Waals surface area contributed by atoms with Gasteiger partial charge in [0.2, 0.25) is 0 Å². The van der Waals surface area contributed by atoms with E-state index in [1.807, 2.05) is 31.6 Å². The van der Waals surface area contributed by atoms with Crippen LogP contribution < -0.4 is 0 Å². The van der Waals surface area contributed by atoms with E-state index in [1.165, 1.54) is 21.5 Å². The lowest BCUT2D eigenvalue weighted by atomic mass is 10.1. The first-order valence-corrected chi connectivity index (χ1v) is 4.94. The van der Waals surface area contributed by atoms with Crippen molar-refractivity contribution in [2.75, 3.05) is 0 Å². The molecule has 0 fully saturated rings. The molecule has 2 heteroatoms. The zero-order valence-electron chi connectivity index (χ0n) is 8.44. The van der Waals surface area contributed by atoms with Crippen molar-refractivity contribution in [2.24, 2.45) is 0 Å². The fraction of sp³-hybridized carbons (Fsp3) is 0.0769. The Morgan fingerprint density at radius 1 is 0.933 bits per heavy atom. The molecule has 0 amide bonds. The number of aromatic nitrogens is 2. The first-order valence-electron chi connectivity index (χ1n) is 4.94. The maximum Gasteiger partial charge on any atom is 0.0379 e. The molecule has 0 unspecified atom stereocenters. The summed E-state index contributed by atoms with van der Waals surface area (Å²) in [5.74, 6) is 0. The molecule has 72 valence electrons. The van der Waals surface area contributed by atoms with Crippen molar-refractivity contribution in [1.29, 1.82) is 0 Å². The van der Waals surface area contributed by atoms with E-state index < -0.39 is 0 Å². The van der Waals surface area contributed by atoms with Crippen LogP contribution in [0.15, 0.2) is 42.9 Å². The Morgan fingerprint density at radius 3 is 2.67 bits per heavy atom. The molecule has 15 heavy (non-hydrogen) atoms. The van der Waals surface area contributed by atoms with Crippen molar-refractivity contribution < 1.29 is 0 Å². The highest BCUT2D eigenvalue weighted by Crippen LogP contribution is 2.23. The van der Waals surface area contributed by atoms with Gasteiger partial charge < -0.3 is 0 Å². The number of nitrogens with zero attached hydrogens (tertiary/aromatic N) is 2. The average molecular weight is 194 g/mol. The molecule has 0 radical (unpaired) electrons. The molecule has 0 aliphatic rings. The molecule has 3 rings (SSSR count). The number of benzene rings is 1. The van der Waals surface area contributed by atoms with E-state index >= 15 is 0 Å². The third-order valence-electron chi connectivity index (χ3n) is 2.66. The molecule has 3 aromatic rings. The molecular formula is C13H10N2. The highest BCUT2D eigenvalue weighted by Gasteiger charge is 2.00. The van der Waals surface area contributed by atoms with Crippen LogP contribution in [-0.2, 0) is 0 Å². The summed E-state index contributed by atoms with van der Waals surface area (Å²) in [5.41, 5.74) is 1.05. The second kappa shape index (κ2) is 3.02. The topological polar surface area (TPSA) is 25.8 Å². The van der Waals surface area contributed by atoms with Crippen LogP contribution in [0, 0.1) is 6.92 Å². The predicted molar refractivity (Wildman–Crippen MR) is 61.8 cm³/mol. The van der Waals surface area contributed by atoms with Gasteiger partial charge in [0.25, 0.3) is 0 Å². The normalized spacial score (nSPS) is 11.0. The minimum absolute atomic E-state index is 1.05. The molecule has 0 bridgehead atoms. The molecule has 0 spiro atoms. The van der Waals surface area contributed by atoms with Gasteiger partial charge in [0.05, 0.1) is 0 Å². The van der Waals surface area contributed by atoms with E-state index in [0.29, 0.717) is 0 Å². The molecule has 1 aromatic carbocycles. The zero-order chi connectivity index (χ0) is 10.3. The summed E-state index contributed by atoms with van der Waals surface area (Å²) in [6.45, 7) is 2.01. The third-order valence-corrected chi connectivity index (χ3v) is 2.66. The van der Waals surface area contributed by atoms with Crippen molar-refractivity contribution in [3.63, 3.8) is 0 Å². The second-order valence-corrected chi connectivity index (χ2v) is 3.71. The van der Waals surface area contributed by atoms with Crippen LogP contribution >= 0.6 is 0 Å². The van der Waals surface area contributed by atoms with Crippen molar-refractivity contribution in [3.8, 4) is 0 Å². The number of fused-ring (bicyclic) bond motifs is 3. The summed E-state index contributed by atoms with van der Waals surface area (Å²) in [5, 5.41) is 4.78. The van der Waals surface area contributed by atoms with E-state index in [-0.39, 0.29) is 0 Å². The van der Waals surface area contributed by atoms with E-state index in [1.54, 1.807) is 0 Å². The van der Waals surface area contributed by atoms with Crippen molar-refractivity contribution in [1.82, 2.24) is 9.97 Å². The molecule has 0 N–H and O–H groups in total. The Morgan fingerprint density at radius 2 is 1.73 bits per heavy atom. The highest BCUT2D eigenvalue weighted by atomic mass is 14.7. The molecule has 0 saturated heterocycles. The van der Waals surface area contributed by atoms with Gasteiger partial charge in [0.15, 0.2) is 0 Å². The minimum Gasteiger partial charge on any atom is -0.264 e. The molecule has 0 atom stereocenters. The third kappa shape index (κ3) is 1.26. The van der Waals surface area contributed by atoms with Crippen LogP contribution in [0.2, 0.25) is 0 Å². The smallest absolute Gasteiger partial charge is 0.0379 e.